The van der Waals surface area contributed by atoms with E-state index in [1.165, 1.54) is 4.90 Å². The van der Waals surface area contributed by atoms with Crippen LogP contribution in [0.4, 0.5) is 0 Å². The second kappa shape index (κ2) is 7.68. The smallest absolute Gasteiger partial charge is 0.328 e. The molecule has 2 rings (SSSR count). The van der Waals surface area contributed by atoms with E-state index in [2.05, 4.69) is 0 Å². The van der Waals surface area contributed by atoms with Gasteiger partial charge in [0.1, 0.15) is 11.6 Å². The zero-order valence-corrected chi connectivity index (χ0v) is 15.2. The number of carbonyl (C=O) groups excluding carboxylic acids is 3. The van der Waals surface area contributed by atoms with Crippen molar-refractivity contribution in [1.82, 2.24) is 4.90 Å². The first-order valence-electron chi connectivity index (χ1n) is 8.37. The number of esters is 2. The highest BCUT2D eigenvalue weighted by Crippen LogP contribution is 2.15. The first kappa shape index (κ1) is 19.0. The third kappa shape index (κ3) is 5.59. The summed E-state index contributed by atoms with van der Waals surface area (Å²) in [6.07, 6.45) is 0.933. The topological polar surface area (TPSA) is 72.9 Å². The highest BCUT2D eigenvalue weighted by atomic mass is 16.6. The van der Waals surface area contributed by atoms with Crippen molar-refractivity contribution < 1.29 is 23.9 Å². The number of cyclic esters (lactones) is 1. The van der Waals surface area contributed by atoms with Crippen molar-refractivity contribution >= 4 is 17.8 Å². The number of carbonyl (C=O) groups is 3. The summed E-state index contributed by atoms with van der Waals surface area (Å²) >= 11 is 0. The Bertz CT molecular complexity index is 645. The minimum absolute atomic E-state index is 0.135. The van der Waals surface area contributed by atoms with Crippen molar-refractivity contribution in [3.8, 4) is 0 Å². The maximum atomic E-state index is 12.3. The summed E-state index contributed by atoms with van der Waals surface area (Å²) in [5.41, 5.74) is 1.16. The maximum absolute atomic E-state index is 12.3. The molecule has 1 aromatic rings. The Morgan fingerprint density at radius 1 is 1.16 bits per heavy atom. The lowest BCUT2D eigenvalue weighted by molar-refractivity contribution is -0.154. The van der Waals surface area contributed by atoms with Crippen LogP contribution in [0.15, 0.2) is 24.3 Å². The fourth-order valence-electron chi connectivity index (χ4n) is 2.63. The van der Waals surface area contributed by atoms with E-state index in [-0.39, 0.29) is 30.7 Å². The number of rotatable bonds is 5. The third-order valence-corrected chi connectivity index (χ3v) is 3.92. The Labute approximate surface area is 148 Å². The Hall–Kier alpha value is -2.37. The van der Waals surface area contributed by atoms with Crippen molar-refractivity contribution in [2.24, 2.45) is 0 Å². The number of hydrogen-bond acceptors (Lipinski definition) is 5. The molecule has 1 fully saturated rings. The molecule has 0 aromatic heterocycles. The number of hydrogen-bond donors (Lipinski definition) is 0. The van der Waals surface area contributed by atoms with Gasteiger partial charge in [0.2, 0.25) is 5.91 Å². The molecule has 0 aliphatic carbocycles. The first-order valence-corrected chi connectivity index (χ1v) is 8.37. The summed E-state index contributed by atoms with van der Waals surface area (Å²) in [5.74, 6) is -0.761. The van der Waals surface area contributed by atoms with Gasteiger partial charge in [0.15, 0.2) is 0 Å². The SMILES string of the molecule is CN(C(=O)Cc1ccc(CC(=O)OC(C)(C)C)cc1)C1CCOC1=O. The van der Waals surface area contributed by atoms with Gasteiger partial charge in [0.05, 0.1) is 19.4 Å². The third-order valence-electron chi connectivity index (χ3n) is 3.92. The van der Waals surface area contributed by atoms with E-state index in [4.69, 9.17) is 9.47 Å². The molecule has 1 saturated heterocycles. The summed E-state index contributed by atoms with van der Waals surface area (Å²) < 4.78 is 10.2. The Morgan fingerprint density at radius 2 is 1.72 bits per heavy atom. The van der Waals surface area contributed by atoms with Gasteiger partial charge in [0, 0.05) is 13.5 Å². The van der Waals surface area contributed by atoms with Crippen LogP contribution in [0.25, 0.3) is 0 Å². The summed E-state index contributed by atoms with van der Waals surface area (Å²) in [5, 5.41) is 0. The van der Waals surface area contributed by atoms with Crippen molar-refractivity contribution in [1.29, 1.82) is 0 Å². The van der Waals surface area contributed by atoms with Gasteiger partial charge in [-0.05, 0) is 31.9 Å². The fourth-order valence-corrected chi connectivity index (χ4v) is 2.63. The Morgan fingerprint density at radius 3 is 2.20 bits per heavy atom. The summed E-state index contributed by atoms with van der Waals surface area (Å²) in [7, 11) is 1.62. The zero-order valence-electron chi connectivity index (χ0n) is 15.2. The van der Waals surface area contributed by atoms with E-state index in [1.807, 2.05) is 45.0 Å². The van der Waals surface area contributed by atoms with Gasteiger partial charge in [-0.1, -0.05) is 24.3 Å². The van der Waals surface area contributed by atoms with Crippen molar-refractivity contribution in [3.05, 3.63) is 35.4 Å². The van der Waals surface area contributed by atoms with Crippen LogP contribution in [0.2, 0.25) is 0 Å². The molecule has 25 heavy (non-hydrogen) atoms. The van der Waals surface area contributed by atoms with Gasteiger partial charge in [-0.2, -0.15) is 0 Å². The molecule has 0 bridgehead atoms. The van der Waals surface area contributed by atoms with Crippen LogP contribution in [0.3, 0.4) is 0 Å². The molecule has 1 unspecified atom stereocenters. The van der Waals surface area contributed by atoms with E-state index in [0.717, 1.165) is 11.1 Å². The number of benzene rings is 1. The molecule has 0 radical (unpaired) electrons. The number of ether oxygens (including phenoxy) is 2. The van der Waals surface area contributed by atoms with E-state index < -0.39 is 11.6 Å². The molecule has 0 saturated carbocycles. The quantitative estimate of drug-likeness (QED) is 0.761. The minimum Gasteiger partial charge on any atom is -0.464 e. The monoisotopic (exact) mass is 347 g/mol. The molecule has 1 atom stereocenters. The fraction of sp³-hybridized carbons (Fsp3) is 0.526. The van der Waals surface area contributed by atoms with Gasteiger partial charge < -0.3 is 14.4 Å². The van der Waals surface area contributed by atoms with Crippen LogP contribution in [-0.2, 0) is 36.7 Å². The molecule has 0 N–H and O–H groups in total. The molecule has 0 spiro atoms. The molecular weight excluding hydrogens is 322 g/mol. The van der Waals surface area contributed by atoms with Crippen LogP contribution in [0.5, 0.6) is 0 Å². The molecular formula is C19H25NO5. The first-order chi connectivity index (χ1) is 11.7. The van der Waals surface area contributed by atoms with E-state index >= 15 is 0 Å². The number of amides is 1. The summed E-state index contributed by atoms with van der Waals surface area (Å²) in [6, 6.07) is 6.78. The molecule has 1 heterocycles. The standard InChI is InChI=1S/C19H25NO5/c1-19(2,3)25-17(22)12-14-7-5-13(6-8-14)11-16(21)20(4)15-9-10-24-18(15)23/h5-8,15H,9-12H2,1-4H3. The highest BCUT2D eigenvalue weighted by Gasteiger charge is 2.32. The van der Waals surface area contributed by atoms with Crippen molar-refractivity contribution in [3.63, 3.8) is 0 Å². The molecule has 1 aliphatic heterocycles. The van der Waals surface area contributed by atoms with Gasteiger partial charge in [-0.3, -0.25) is 9.59 Å². The molecule has 1 aliphatic rings. The van der Waals surface area contributed by atoms with Crippen LogP contribution in [0.1, 0.15) is 38.3 Å². The van der Waals surface area contributed by atoms with Gasteiger partial charge in [-0.25, -0.2) is 4.79 Å². The Balaban J connectivity index is 1.90. The van der Waals surface area contributed by atoms with Gasteiger partial charge in [0.25, 0.3) is 0 Å². The lowest BCUT2D eigenvalue weighted by Gasteiger charge is -2.21. The normalized spacial score (nSPS) is 17.1. The zero-order chi connectivity index (χ0) is 18.6. The second-order valence-electron chi connectivity index (χ2n) is 7.23. The molecule has 1 aromatic carbocycles. The van der Waals surface area contributed by atoms with Crippen LogP contribution in [-0.4, -0.2) is 48.0 Å². The molecule has 6 heteroatoms. The molecule has 1 amide bonds. The average molecular weight is 347 g/mol. The Kier molecular flexibility index (Phi) is 5.82. The van der Waals surface area contributed by atoms with Crippen molar-refractivity contribution in [2.45, 2.75) is 51.7 Å². The number of nitrogens with zero attached hydrogens (tertiary/aromatic N) is 1. The highest BCUT2D eigenvalue weighted by molar-refractivity contribution is 5.86. The predicted molar refractivity (Wildman–Crippen MR) is 91.8 cm³/mol. The van der Waals surface area contributed by atoms with E-state index in [0.29, 0.717) is 13.0 Å². The predicted octanol–water partition coefficient (Wildman–Crippen LogP) is 1.89. The van der Waals surface area contributed by atoms with Crippen LogP contribution in [0, 0.1) is 0 Å². The molecule has 136 valence electrons. The lowest BCUT2D eigenvalue weighted by atomic mass is 10.1. The minimum atomic E-state index is -0.505. The van der Waals surface area contributed by atoms with Crippen LogP contribution >= 0.6 is 0 Å². The summed E-state index contributed by atoms with van der Waals surface area (Å²) in [6.45, 7) is 5.85. The number of likely N-dealkylation sites (N-methyl/N-ethyl adjacent to an activating group) is 1. The lowest BCUT2D eigenvalue weighted by Crippen LogP contribution is -2.40. The molecule has 6 nitrogen and oxygen atoms in total. The summed E-state index contributed by atoms with van der Waals surface area (Å²) in [4.78, 5) is 37.1. The van der Waals surface area contributed by atoms with E-state index in [9.17, 15) is 14.4 Å². The van der Waals surface area contributed by atoms with E-state index in [1.54, 1.807) is 7.05 Å². The maximum Gasteiger partial charge on any atom is 0.328 e. The van der Waals surface area contributed by atoms with Crippen LogP contribution < -0.4 is 0 Å². The largest absolute Gasteiger partial charge is 0.464 e. The van der Waals surface area contributed by atoms with Gasteiger partial charge in [-0.15, -0.1) is 0 Å². The van der Waals surface area contributed by atoms with Crippen molar-refractivity contribution in [2.75, 3.05) is 13.7 Å². The van der Waals surface area contributed by atoms with Gasteiger partial charge >= 0.3 is 11.9 Å². The average Bonchev–Trinajstić information content (AvgIpc) is 2.92. The second-order valence-corrected chi connectivity index (χ2v) is 7.23.